The zero-order valence-electron chi connectivity index (χ0n) is 19.5. The fourth-order valence-electron chi connectivity index (χ4n) is 3.63. The van der Waals surface area contributed by atoms with Gasteiger partial charge in [0.05, 0.1) is 0 Å². The molecule has 0 aliphatic rings. The fourth-order valence-corrected chi connectivity index (χ4v) is 3.86. The standard InChI is InChI=1S/C27H27N3O3S/c1-4-19-8-12-24-22(14-19)29-26(33-24)15-20-6-9-21(10-7-20)28-27(34)30-25(31)16-32-23-11-5-17(2)13-18(23)3/h5-14H,4,15-16H2,1-3H3,(H2,28,30,31,34). The Balaban J connectivity index is 1.28. The molecule has 0 atom stereocenters. The molecule has 4 aromatic rings. The number of oxazole rings is 1. The lowest BCUT2D eigenvalue weighted by atomic mass is 10.1. The summed E-state index contributed by atoms with van der Waals surface area (Å²) < 4.78 is 11.5. The van der Waals surface area contributed by atoms with E-state index < -0.39 is 0 Å². The maximum absolute atomic E-state index is 12.2. The van der Waals surface area contributed by atoms with Crippen molar-refractivity contribution in [2.24, 2.45) is 0 Å². The van der Waals surface area contributed by atoms with Crippen LogP contribution in [0, 0.1) is 13.8 Å². The van der Waals surface area contributed by atoms with E-state index in [2.05, 4.69) is 34.7 Å². The van der Waals surface area contributed by atoms with Gasteiger partial charge in [0.2, 0.25) is 0 Å². The minimum Gasteiger partial charge on any atom is -0.483 e. The summed E-state index contributed by atoms with van der Waals surface area (Å²) in [6.45, 7) is 5.96. The van der Waals surface area contributed by atoms with Crippen molar-refractivity contribution in [1.82, 2.24) is 10.3 Å². The van der Waals surface area contributed by atoms with Crippen LogP contribution in [0.1, 0.15) is 35.1 Å². The normalized spacial score (nSPS) is 10.8. The second kappa shape index (κ2) is 10.5. The zero-order valence-corrected chi connectivity index (χ0v) is 20.3. The lowest BCUT2D eigenvalue weighted by molar-refractivity contribution is -0.121. The predicted molar refractivity (Wildman–Crippen MR) is 138 cm³/mol. The van der Waals surface area contributed by atoms with Gasteiger partial charge in [-0.25, -0.2) is 4.98 Å². The predicted octanol–water partition coefficient (Wildman–Crippen LogP) is 5.49. The summed E-state index contributed by atoms with van der Waals surface area (Å²) in [5.74, 6) is 1.03. The highest BCUT2D eigenvalue weighted by molar-refractivity contribution is 7.80. The van der Waals surface area contributed by atoms with Crippen LogP contribution in [0.4, 0.5) is 5.69 Å². The molecule has 0 saturated carbocycles. The molecule has 0 aliphatic heterocycles. The molecular weight excluding hydrogens is 446 g/mol. The Morgan fingerprint density at radius 3 is 2.53 bits per heavy atom. The quantitative estimate of drug-likeness (QED) is 0.346. The van der Waals surface area contributed by atoms with Crippen molar-refractivity contribution in [3.63, 3.8) is 0 Å². The van der Waals surface area contributed by atoms with E-state index in [0.29, 0.717) is 18.1 Å². The molecule has 0 spiro atoms. The highest BCUT2D eigenvalue weighted by Gasteiger charge is 2.09. The van der Waals surface area contributed by atoms with Crippen molar-refractivity contribution in [2.45, 2.75) is 33.6 Å². The third kappa shape index (κ3) is 5.99. The molecule has 0 fully saturated rings. The molecule has 7 heteroatoms. The van der Waals surface area contributed by atoms with Crippen molar-refractivity contribution in [3.8, 4) is 5.75 Å². The Bertz CT molecular complexity index is 1330. The summed E-state index contributed by atoms with van der Waals surface area (Å²) >= 11 is 5.26. The zero-order chi connectivity index (χ0) is 24.1. The number of hydrogen-bond donors (Lipinski definition) is 2. The van der Waals surface area contributed by atoms with Gasteiger partial charge in [0, 0.05) is 12.1 Å². The number of carbonyl (C=O) groups excluding carboxylic acids is 1. The number of rotatable bonds is 7. The first-order valence-corrected chi connectivity index (χ1v) is 11.6. The number of benzene rings is 3. The number of carbonyl (C=O) groups is 1. The van der Waals surface area contributed by atoms with Gasteiger partial charge < -0.3 is 14.5 Å². The summed E-state index contributed by atoms with van der Waals surface area (Å²) in [7, 11) is 0. The van der Waals surface area contributed by atoms with Gasteiger partial charge >= 0.3 is 0 Å². The number of nitrogens with zero attached hydrogens (tertiary/aromatic N) is 1. The monoisotopic (exact) mass is 473 g/mol. The Morgan fingerprint density at radius 1 is 1.03 bits per heavy atom. The molecule has 6 nitrogen and oxygen atoms in total. The number of thiocarbonyl (C=S) groups is 1. The third-order valence-electron chi connectivity index (χ3n) is 5.41. The van der Waals surface area contributed by atoms with E-state index in [4.69, 9.17) is 21.4 Å². The number of aryl methyl sites for hydroxylation is 3. The van der Waals surface area contributed by atoms with E-state index in [1.807, 2.05) is 62.4 Å². The number of aromatic nitrogens is 1. The first kappa shape index (κ1) is 23.4. The second-order valence-electron chi connectivity index (χ2n) is 8.20. The van der Waals surface area contributed by atoms with Gasteiger partial charge in [-0.2, -0.15) is 0 Å². The summed E-state index contributed by atoms with van der Waals surface area (Å²) in [5, 5.41) is 5.87. The van der Waals surface area contributed by atoms with Crippen molar-refractivity contribution in [3.05, 3.63) is 88.8 Å². The average Bonchev–Trinajstić information content (AvgIpc) is 3.21. The van der Waals surface area contributed by atoms with Crippen LogP contribution in [0.2, 0.25) is 0 Å². The number of amides is 1. The molecule has 0 unspecified atom stereocenters. The number of nitrogens with one attached hydrogen (secondary N) is 2. The number of ether oxygens (including phenoxy) is 1. The lowest BCUT2D eigenvalue weighted by Crippen LogP contribution is -2.37. The molecule has 0 bridgehead atoms. The van der Waals surface area contributed by atoms with Crippen LogP contribution in [-0.2, 0) is 17.6 Å². The smallest absolute Gasteiger partial charge is 0.264 e. The topological polar surface area (TPSA) is 76.4 Å². The maximum Gasteiger partial charge on any atom is 0.264 e. The minimum atomic E-state index is -0.323. The number of hydrogen-bond acceptors (Lipinski definition) is 5. The van der Waals surface area contributed by atoms with Gasteiger partial charge in [-0.3, -0.25) is 10.1 Å². The van der Waals surface area contributed by atoms with Crippen molar-refractivity contribution >= 4 is 40.0 Å². The van der Waals surface area contributed by atoms with Crippen molar-refractivity contribution in [2.75, 3.05) is 11.9 Å². The van der Waals surface area contributed by atoms with Crippen LogP contribution in [0.25, 0.3) is 11.1 Å². The Hall–Kier alpha value is -3.71. The van der Waals surface area contributed by atoms with Gasteiger partial charge in [0.15, 0.2) is 23.2 Å². The van der Waals surface area contributed by atoms with Gasteiger partial charge in [-0.1, -0.05) is 42.8 Å². The van der Waals surface area contributed by atoms with Crippen LogP contribution in [0.3, 0.4) is 0 Å². The Kier molecular flexibility index (Phi) is 7.23. The largest absolute Gasteiger partial charge is 0.483 e. The number of fused-ring (bicyclic) bond motifs is 1. The molecule has 4 rings (SSSR count). The molecule has 3 aromatic carbocycles. The number of anilines is 1. The first-order chi connectivity index (χ1) is 16.4. The summed E-state index contributed by atoms with van der Waals surface area (Å²) in [6.07, 6.45) is 1.56. The van der Waals surface area contributed by atoms with Crippen LogP contribution >= 0.6 is 12.2 Å². The molecule has 0 saturated heterocycles. The van der Waals surface area contributed by atoms with Gasteiger partial charge in [0.1, 0.15) is 11.3 Å². The SMILES string of the molecule is CCc1ccc2oc(Cc3ccc(NC(=S)NC(=O)COc4ccc(C)cc4C)cc3)nc2c1. The van der Waals surface area contributed by atoms with E-state index in [0.717, 1.165) is 39.9 Å². The first-order valence-electron chi connectivity index (χ1n) is 11.2. The molecule has 2 N–H and O–H groups in total. The average molecular weight is 474 g/mol. The van der Waals surface area contributed by atoms with E-state index in [1.54, 1.807) is 0 Å². The van der Waals surface area contributed by atoms with Crippen LogP contribution in [-0.4, -0.2) is 22.6 Å². The van der Waals surface area contributed by atoms with Crippen LogP contribution in [0.5, 0.6) is 5.75 Å². The highest BCUT2D eigenvalue weighted by Crippen LogP contribution is 2.21. The van der Waals surface area contributed by atoms with E-state index in [9.17, 15) is 4.79 Å². The van der Waals surface area contributed by atoms with Crippen LogP contribution in [0.15, 0.2) is 65.1 Å². The van der Waals surface area contributed by atoms with Crippen LogP contribution < -0.4 is 15.4 Å². The molecule has 1 heterocycles. The van der Waals surface area contributed by atoms with Crippen molar-refractivity contribution < 1.29 is 13.9 Å². The molecule has 34 heavy (non-hydrogen) atoms. The highest BCUT2D eigenvalue weighted by atomic mass is 32.1. The maximum atomic E-state index is 12.2. The van der Waals surface area contributed by atoms with E-state index in [1.165, 1.54) is 5.56 Å². The summed E-state index contributed by atoms with van der Waals surface area (Å²) in [4.78, 5) is 16.8. The molecular formula is C27H27N3O3S. The molecule has 0 aliphatic carbocycles. The third-order valence-corrected chi connectivity index (χ3v) is 5.62. The lowest BCUT2D eigenvalue weighted by Gasteiger charge is -2.12. The fraction of sp³-hybridized carbons (Fsp3) is 0.222. The van der Waals surface area contributed by atoms with Crippen molar-refractivity contribution in [1.29, 1.82) is 0 Å². The van der Waals surface area contributed by atoms with Gasteiger partial charge in [-0.15, -0.1) is 0 Å². The molecule has 0 radical (unpaired) electrons. The molecule has 174 valence electrons. The summed E-state index contributed by atoms with van der Waals surface area (Å²) in [6, 6.07) is 19.7. The Labute approximate surface area is 204 Å². The van der Waals surface area contributed by atoms with E-state index in [-0.39, 0.29) is 17.6 Å². The molecule has 1 amide bonds. The van der Waals surface area contributed by atoms with E-state index >= 15 is 0 Å². The van der Waals surface area contributed by atoms with Gasteiger partial charge in [-0.05, 0) is 79.5 Å². The van der Waals surface area contributed by atoms with Gasteiger partial charge in [0.25, 0.3) is 5.91 Å². The molecule has 1 aromatic heterocycles. The Morgan fingerprint density at radius 2 is 1.79 bits per heavy atom. The second-order valence-corrected chi connectivity index (χ2v) is 8.61. The summed E-state index contributed by atoms with van der Waals surface area (Å²) in [5.41, 5.74) is 6.88. The minimum absolute atomic E-state index is 0.116.